The number of carbonyl (C=O) groups is 2. The van der Waals surface area contributed by atoms with Crippen molar-refractivity contribution in [2.24, 2.45) is 0 Å². The summed E-state index contributed by atoms with van der Waals surface area (Å²) in [6.07, 6.45) is 11.5. The highest BCUT2D eigenvalue weighted by Gasteiger charge is 2.05. The molecule has 0 saturated heterocycles. The number of halogens is 1. The van der Waals surface area contributed by atoms with E-state index in [0.717, 1.165) is 23.1 Å². The zero-order chi connectivity index (χ0) is 27.0. The van der Waals surface area contributed by atoms with Crippen LogP contribution in [0.2, 0.25) is 12.6 Å². The Morgan fingerprint density at radius 3 is 2.11 bits per heavy atom. The van der Waals surface area contributed by atoms with Crippen molar-refractivity contribution in [2.45, 2.75) is 78.9 Å². The molecule has 0 saturated carbocycles. The first-order valence-electron chi connectivity index (χ1n) is 12.8. The maximum absolute atomic E-state index is 13.6. The van der Waals surface area contributed by atoms with E-state index in [-0.39, 0.29) is 12.4 Å². The summed E-state index contributed by atoms with van der Waals surface area (Å²) in [5, 5.41) is 12.5. The van der Waals surface area contributed by atoms with E-state index in [1.807, 2.05) is 25.1 Å². The molecule has 7 heteroatoms. The SMILES string of the molecule is CCC[B]CCCCCC.Cc1ccc(-c2ccc(C)c(CCNC=O)c2)cc1F.N#CCNC=O. The number of nitriles is 1. The smallest absolute Gasteiger partial charge is 0.207 e. The summed E-state index contributed by atoms with van der Waals surface area (Å²) in [5.41, 5.74) is 4.86. The number of aryl methyl sites for hydroxylation is 2. The molecule has 2 rings (SSSR count). The molecule has 0 atom stereocenters. The van der Waals surface area contributed by atoms with Gasteiger partial charge in [0, 0.05) is 6.54 Å². The van der Waals surface area contributed by atoms with Crippen LogP contribution < -0.4 is 10.6 Å². The van der Waals surface area contributed by atoms with Gasteiger partial charge in [0.15, 0.2) is 0 Å². The average Bonchev–Trinajstić information content (AvgIpc) is 2.88. The number of rotatable bonds is 14. The molecular formula is C29H42BFN3O2. The third-order valence-corrected chi connectivity index (χ3v) is 5.50. The quantitative estimate of drug-likeness (QED) is 0.143. The summed E-state index contributed by atoms with van der Waals surface area (Å²) in [7, 11) is 2.43. The molecule has 2 amide bonds. The van der Waals surface area contributed by atoms with E-state index in [0.29, 0.717) is 24.9 Å². The second-order valence-electron chi connectivity index (χ2n) is 8.51. The molecule has 2 aromatic rings. The predicted octanol–water partition coefficient (Wildman–Crippen LogP) is 6.17. The monoisotopic (exact) mass is 494 g/mol. The van der Waals surface area contributed by atoms with Gasteiger partial charge < -0.3 is 10.6 Å². The molecule has 0 aliphatic rings. The molecule has 2 aromatic carbocycles. The van der Waals surface area contributed by atoms with Crippen LogP contribution in [-0.4, -0.2) is 33.2 Å². The maximum Gasteiger partial charge on any atom is 0.207 e. The second-order valence-corrected chi connectivity index (χ2v) is 8.51. The molecule has 0 bridgehead atoms. The highest BCUT2D eigenvalue weighted by molar-refractivity contribution is 6.35. The van der Waals surface area contributed by atoms with Crippen LogP contribution >= 0.6 is 0 Å². The van der Waals surface area contributed by atoms with Crippen LogP contribution in [0.3, 0.4) is 0 Å². The Morgan fingerprint density at radius 2 is 1.56 bits per heavy atom. The molecule has 2 N–H and O–H groups in total. The number of hydrogen-bond acceptors (Lipinski definition) is 3. The van der Waals surface area contributed by atoms with Crippen LogP contribution in [0.5, 0.6) is 0 Å². The molecule has 195 valence electrons. The lowest BCUT2D eigenvalue weighted by Crippen LogP contribution is -2.14. The molecular weight excluding hydrogens is 452 g/mol. The van der Waals surface area contributed by atoms with Crippen molar-refractivity contribution in [1.82, 2.24) is 10.6 Å². The minimum Gasteiger partial charge on any atom is -0.358 e. The zero-order valence-electron chi connectivity index (χ0n) is 22.4. The fourth-order valence-corrected chi connectivity index (χ4v) is 3.31. The lowest BCUT2D eigenvalue weighted by molar-refractivity contribution is -0.110. The highest BCUT2D eigenvalue weighted by Crippen LogP contribution is 2.24. The number of carbonyl (C=O) groups excluding carboxylic acids is 2. The largest absolute Gasteiger partial charge is 0.358 e. The Bertz CT molecular complexity index is 908. The lowest BCUT2D eigenvalue weighted by Gasteiger charge is -2.10. The Labute approximate surface area is 218 Å². The average molecular weight is 494 g/mol. The molecule has 36 heavy (non-hydrogen) atoms. The Kier molecular flexibility index (Phi) is 20.4. The fraction of sp³-hybridized carbons (Fsp3) is 0.483. The lowest BCUT2D eigenvalue weighted by atomic mass is 9.69. The van der Waals surface area contributed by atoms with Gasteiger partial charge in [-0.3, -0.25) is 9.59 Å². The van der Waals surface area contributed by atoms with Crippen LogP contribution in [0, 0.1) is 31.0 Å². The summed E-state index contributed by atoms with van der Waals surface area (Å²) in [4.78, 5) is 19.6. The van der Waals surface area contributed by atoms with Gasteiger partial charge in [0.05, 0.1) is 6.07 Å². The summed E-state index contributed by atoms with van der Waals surface area (Å²) in [6.45, 7) is 9.00. The third-order valence-electron chi connectivity index (χ3n) is 5.50. The van der Waals surface area contributed by atoms with Gasteiger partial charge in [-0.1, -0.05) is 88.9 Å². The van der Waals surface area contributed by atoms with Crippen molar-refractivity contribution in [3.05, 3.63) is 58.9 Å². The van der Waals surface area contributed by atoms with Crippen LogP contribution in [0.4, 0.5) is 4.39 Å². The summed E-state index contributed by atoms with van der Waals surface area (Å²) in [5.74, 6) is -0.188. The first kappa shape index (κ1) is 32.9. The minimum absolute atomic E-state index is 0.101. The Hall–Kier alpha value is -3.14. The molecule has 0 aromatic heterocycles. The van der Waals surface area contributed by atoms with E-state index in [9.17, 15) is 14.0 Å². The van der Waals surface area contributed by atoms with Crippen molar-refractivity contribution in [3.63, 3.8) is 0 Å². The van der Waals surface area contributed by atoms with Crippen molar-refractivity contribution < 1.29 is 14.0 Å². The fourth-order valence-electron chi connectivity index (χ4n) is 3.31. The van der Waals surface area contributed by atoms with E-state index in [1.54, 1.807) is 25.1 Å². The number of benzene rings is 2. The normalized spacial score (nSPS) is 9.44. The standard InChI is InChI=1S/C17H18FNO.C9H20B.C3H4N2O/c1-12-3-5-15(9-14(12)7-8-19-11-20)16-6-4-13(2)17(18)10-16;1-3-5-6-7-9-10-8-4-2;4-1-2-5-3-6/h3-6,9-11H,7-8H2,1-2H3,(H,19,20);3-9H2,1-2H3;3H,2H2,(H,5,6). The first-order chi connectivity index (χ1) is 17.4. The molecule has 0 unspecified atom stereocenters. The molecule has 0 spiro atoms. The van der Waals surface area contributed by atoms with E-state index in [4.69, 9.17) is 5.26 Å². The Morgan fingerprint density at radius 1 is 0.889 bits per heavy atom. The molecule has 5 nitrogen and oxygen atoms in total. The number of unbranched alkanes of at least 4 members (excludes halogenated alkanes) is 3. The number of nitrogens with zero attached hydrogens (tertiary/aromatic N) is 1. The highest BCUT2D eigenvalue weighted by atomic mass is 19.1. The van der Waals surface area contributed by atoms with E-state index in [2.05, 4.69) is 37.8 Å². The van der Waals surface area contributed by atoms with Gasteiger partial charge in [-0.2, -0.15) is 5.26 Å². The van der Waals surface area contributed by atoms with Gasteiger partial charge in [0.1, 0.15) is 19.6 Å². The van der Waals surface area contributed by atoms with Crippen molar-refractivity contribution >= 4 is 20.1 Å². The van der Waals surface area contributed by atoms with Gasteiger partial charge in [0.25, 0.3) is 0 Å². The van der Waals surface area contributed by atoms with Gasteiger partial charge in [-0.15, -0.1) is 0 Å². The predicted molar refractivity (Wildman–Crippen MR) is 149 cm³/mol. The van der Waals surface area contributed by atoms with E-state index >= 15 is 0 Å². The zero-order valence-corrected chi connectivity index (χ0v) is 22.4. The molecule has 0 aliphatic heterocycles. The number of hydrogen-bond donors (Lipinski definition) is 2. The summed E-state index contributed by atoms with van der Waals surface area (Å²) >= 11 is 0. The number of nitrogens with one attached hydrogen (secondary N) is 2. The number of amides is 2. The van der Waals surface area contributed by atoms with Crippen LogP contribution in [-0.2, 0) is 16.0 Å². The van der Waals surface area contributed by atoms with Gasteiger partial charge in [-0.05, 0) is 54.2 Å². The molecule has 0 fully saturated rings. The minimum atomic E-state index is -0.188. The summed E-state index contributed by atoms with van der Waals surface area (Å²) in [6, 6.07) is 13.1. The third kappa shape index (κ3) is 15.7. The van der Waals surface area contributed by atoms with E-state index in [1.165, 1.54) is 50.3 Å². The van der Waals surface area contributed by atoms with Crippen LogP contribution in [0.15, 0.2) is 36.4 Å². The van der Waals surface area contributed by atoms with Crippen molar-refractivity contribution in [1.29, 1.82) is 5.26 Å². The molecule has 0 aliphatic carbocycles. The molecule has 1 radical (unpaired) electrons. The van der Waals surface area contributed by atoms with Gasteiger partial charge >= 0.3 is 0 Å². The van der Waals surface area contributed by atoms with Gasteiger partial charge in [-0.25, -0.2) is 4.39 Å². The Balaban J connectivity index is 0.000000639. The van der Waals surface area contributed by atoms with Crippen molar-refractivity contribution in [2.75, 3.05) is 13.1 Å². The summed E-state index contributed by atoms with van der Waals surface area (Å²) < 4.78 is 13.6. The second kappa shape index (κ2) is 22.3. The van der Waals surface area contributed by atoms with Crippen molar-refractivity contribution in [3.8, 4) is 17.2 Å². The molecule has 0 heterocycles. The van der Waals surface area contributed by atoms with Crippen LogP contribution in [0.25, 0.3) is 11.1 Å². The topological polar surface area (TPSA) is 82.0 Å². The van der Waals surface area contributed by atoms with E-state index < -0.39 is 0 Å². The van der Waals surface area contributed by atoms with Gasteiger partial charge in [0.2, 0.25) is 12.8 Å². The maximum atomic E-state index is 13.6. The van der Waals surface area contributed by atoms with Crippen LogP contribution in [0.1, 0.15) is 62.6 Å². The first-order valence-corrected chi connectivity index (χ1v) is 12.8.